The average molecular weight is 210 g/mol. The summed E-state index contributed by atoms with van der Waals surface area (Å²) in [5, 5.41) is 0. The van der Waals surface area contributed by atoms with Gasteiger partial charge in [-0.25, -0.2) is 0 Å². The highest BCUT2D eigenvalue weighted by atomic mass is 33.1. The minimum atomic E-state index is 0.961. The summed E-state index contributed by atoms with van der Waals surface area (Å²) in [5.41, 5.74) is 0. The van der Waals surface area contributed by atoms with Gasteiger partial charge in [-0.2, -0.15) is 0 Å². The molecule has 0 radical (unpaired) electrons. The molecule has 0 aliphatic carbocycles. The molecule has 0 aromatic carbocycles. The van der Waals surface area contributed by atoms with E-state index in [-0.39, 0.29) is 0 Å². The molecule has 0 N–H and O–H groups in total. The molecule has 0 saturated carbocycles. The van der Waals surface area contributed by atoms with Crippen molar-refractivity contribution in [3.05, 3.63) is 0 Å². The molecule has 0 fully saturated rings. The van der Waals surface area contributed by atoms with Crippen LogP contribution in [0.1, 0.15) is 13.8 Å². The Morgan fingerprint density at radius 2 is 1.30 bits per heavy atom. The van der Waals surface area contributed by atoms with E-state index in [9.17, 15) is 0 Å². The van der Waals surface area contributed by atoms with Gasteiger partial charge in [0.15, 0.2) is 0 Å². The second-order valence-corrected chi connectivity index (χ2v) is 5.79. The standard InChI is InChI=1S/C6H10S4/c1-5(7)3-9-10-4-6(2)8/h3-4H2,1-2H3. The van der Waals surface area contributed by atoms with E-state index in [0.717, 1.165) is 21.2 Å². The highest BCUT2D eigenvalue weighted by Crippen LogP contribution is 2.21. The van der Waals surface area contributed by atoms with Crippen LogP contribution in [0, 0.1) is 0 Å². The highest BCUT2D eigenvalue weighted by Gasteiger charge is 1.92. The fourth-order valence-corrected chi connectivity index (χ4v) is 3.11. The van der Waals surface area contributed by atoms with Crippen LogP contribution < -0.4 is 0 Å². The molecule has 0 aliphatic rings. The van der Waals surface area contributed by atoms with E-state index >= 15 is 0 Å². The van der Waals surface area contributed by atoms with Gasteiger partial charge in [0.1, 0.15) is 0 Å². The summed E-state index contributed by atoms with van der Waals surface area (Å²) in [4.78, 5) is 2.11. The highest BCUT2D eigenvalue weighted by molar-refractivity contribution is 8.77. The number of hydrogen-bond acceptors (Lipinski definition) is 4. The predicted octanol–water partition coefficient (Wildman–Crippen LogP) is 3.15. The monoisotopic (exact) mass is 210 g/mol. The molecule has 0 aromatic heterocycles. The summed E-state index contributed by atoms with van der Waals surface area (Å²) < 4.78 is 0. The molecule has 0 rings (SSSR count). The second-order valence-electron chi connectivity index (χ2n) is 1.93. The molecule has 0 spiro atoms. The molecule has 0 aromatic rings. The molecule has 10 heavy (non-hydrogen) atoms. The summed E-state index contributed by atoms with van der Waals surface area (Å²) in [5.74, 6) is 1.92. The molecule has 0 saturated heterocycles. The maximum atomic E-state index is 4.91. The second kappa shape index (κ2) is 6.58. The number of thiocarbonyl (C=S) groups is 2. The van der Waals surface area contributed by atoms with Crippen molar-refractivity contribution in [1.29, 1.82) is 0 Å². The molecule has 0 nitrogen and oxygen atoms in total. The topological polar surface area (TPSA) is 0 Å². The Bertz CT molecular complexity index is 114. The Morgan fingerprint density at radius 3 is 1.50 bits per heavy atom. The van der Waals surface area contributed by atoms with E-state index < -0.39 is 0 Å². The van der Waals surface area contributed by atoms with Crippen LogP contribution in [-0.2, 0) is 0 Å². The van der Waals surface area contributed by atoms with E-state index in [1.54, 1.807) is 21.6 Å². The van der Waals surface area contributed by atoms with Gasteiger partial charge in [0.25, 0.3) is 0 Å². The number of rotatable bonds is 5. The third-order valence-corrected chi connectivity index (χ3v) is 3.74. The summed E-state index contributed by atoms with van der Waals surface area (Å²) in [6, 6.07) is 0. The van der Waals surface area contributed by atoms with Gasteiger partial charge < -0.3 is 0 Å². The van der Waals surface area contributed by atoms with Gasteiger partial charge in [-0.05, 0) is 13.8 Å². The van der Waals surface area contributed by atoms with Crippen LogP contribution in [-0.4, -0.2) is 21.2 Å². The molecule has 0 unspecified atom stereocenters. The van der Waals surface area contributed by atoms with Crippen LogP contribution in [0.5, 0.6) is 0 Å². The Kier molecular flexibility index (Phi) is 7.16. The third-order valence-electron chi connectivity index (χ3n) is 0.608. The van der Waals surface area contributed by atoms with Gasteiger partial charge in [-0.15, -0.1) is 0 Å². The molecule has 0 amide bonds. The lowest BCUT2D eigenvalue weighted by atomic mass is 10.6. The Balaban J connectivity index is 3.06. The van der Waals surface area contributed by atoms with Gasteiger partial charge in [0.2, 0.25) is 0 Å². The van der Waals surface area contributed by atoms with Gasteiger partial charge >= 0.3 is 0 Å². The van der Waals surface area contributed by atoms with E-state index in [2.05, 4.69) is 0 Å². The smallest absolute Gasteiger partial charge is 0.0349 e. The fraction of sp³-hybridized carbons (Fsp3) is 0.667. The van der Waals surface area contributed by atoms with Gasteiger partial charge in [-0.1, -0.05) is 46.0 Å². The summed E-state index contributed by atoms with van der Waals surface area (Å²) in [7, 11) is 3.56. The van der Waals surface area contributed by atoms with Crippen LogP contribution in [0.25, 0.3) is 0 Å². The van der Waals surface area contributed by atoms with Crippen LogP contribution in [0.3, 0.4) is 0 Å². The summed E-state index contributed by atoms with van der Waals surface area (Å²) in [6.07, 6.45) is 0. The van der Waals surface area contributed by atoms with Crippen molar-refractivity contribution in [3.63, 3.8) is 0 Å². The van der Waals surface area contributed by atoms with Crippen molar-refractivity contribution in [2.75, 3.05) is 11.5 Å². The first-order chi connectivity index (χ1) is 4.63. The van der Waals surface area contributed by atoms with Crippen molar-refractivity contribution in [2.45, 2.75) is 13.8 Å². The fourth-order valence-electron chi connectivity index (χ4n) is 0.249. The molecule has 0 heterocycles. The molecule has 58 valence electrons. The summed E-state index contributed by atoms with van der Waals surface area (Å²) >= 11 is 9.82. The first-order valence-corrected chi connectivity index (χ1v) is 6.16. The lowest BCUT2D eigenvalue weighted by Gasteiger charge is -1.96. The lowest BCUT2D eigenvalue weighted by molar-refractivity contribution is 1.87. The maximum Gasteiger partial charge on any atom is 0.0349 e. The summed E-state index contributed by atoms with van der Waals surface area (Å²) in [6.45, 7) is 3.93. The minimum absolute atomic E-state index is 0.961. The van der Waals surface area contributed by atoms with Crippen LogP contribution in [0.2, 0.25) is 0 Å². The molecule has 4 heteroatoms. The first-order valence-electron chi connectivity index (χ1n) is 2.86. The van der Waals surface area contributed by atoms with Crippen LogP contribution in [0.15, 0.2) is 0 Å². The van der Waals surface area contributed by atoms with Gasteiger partial charge in [-0.3, -0.25) is 0 Å². The van der Waals surface area contributed by atoms with Crippen molar-refractivity contribution >= 4 is 55.8 Å². The predicted molar refractivity (Wildman–Crippen MR) is 61.5 cm³/mol. The Labute approximate surface area is 80.9 Å². The Hall–Kier alpha value is 0.880. The third kappa shape index (κ3) is 8.88. The van der Waals surface area contributed by atoms with Crippen molar-refractivity contribution < 1.29 is 0 Å². The van der Waals surface area contributed by atoms with Crippen LogP contribution in [0.4, 0.5) is 0 Å². The normalized spacial score (nSPS) is 9.40. The first kappa shape index (κ1) is 10.9. The SMILES string of the molecule is CC(=S)CSSCC(C)=S. The van der Waals surface area contributed by atoms with E-state index in [1.165, 1.54) is 0 Å². The van der Waals surface area contributed by atoms with Crippen molar-refractivity contribution in [1.82, 2.24) is 0 Å². The molecule has 0 atom stereocenters. The van der Waals surface area contributed by atoms with Crippen molar-refractivity contribution in [3.8, 4) is 0 Å². The Morgan fingerprint density at radius 1 is 1.00 bits per heavy atom. The zero-order valence-electron chi connectivity index (χ0n) is 6.05. The van der Waals surface area contributed by atoms with Crippen LogP contribution >= 0.6 is 46.0 Å². The molecule has 0 aliphatic heterocycles. The van der Waals surface area contributed by atoms with Gasteiger partial charge in [0, 0.05) is 21.2 Å². The zero-order chi connectivity index (χ0) is 7.98. The van der Waals surface area contributed by atoms with E-state index in [4.69, 9.17) is 24.4 Å². The molecule has 0 bridgehead atoms. The molecular weight excluding hydrogens is 200 g/mol. The number of hydrogen-bond donors (Lipinski definition) is 0. The van der Waals surface area contributed by atoms with E-state index in [0.29, 0.717) is 0 Å². The largest absolute Gasteiger partial charge is 0.0891 e. The minimum Gasteiger partial charge on any atom is -0.0891 e. The average Bonchev–Trinajstić information content (AvgIpc) is 1.79. The van der Waals surface area contributed by atoms with Gasteiger partial charge in [0.05, 0.1) is 0 Å². The lowest BCUT2D eigenvalue weighted by Crippen LogP contribution is -1.91. The quantitative estimate of drug-likeness (QED) is 0.388. The van der Waals surface area contributed by atoms with E-state index in [1.807, 2.05) is 13.8 Å². The maximum absolute atomic E-state index is 4.91. The zero-order valence-corrected chi connectivity index (χ0v) is 9.31. The molecular formula is C6H10S4. The van der Waals surface area contributed by atoms with Crippen molar-refractivity contribution in [2.24, 2.45) is 0 Å².